The van der Waals surface area contributed by atoms with Gasteiger partial charge in [-0.25, -0.2) is 9.78 Å². The first-order valence-corrected chi connectivity index (χ1v) is 10.9. The van der Waals surface area contributed by atoms with Gasteiger partial charge in [0.25, 0.3) is 5.91 Å². The molecule has 1 heterocycles. The van der Waals surface area contributed by atoms with Gasteiger partial charge < -0.3 is 10.0 Å². The molecule has 0 aliphatic heterocycles. The van der Waals surface area contributed by atoms with Crippen molar-refractivity contribution in [2.24, 2.45) is 5.92 Å². The first kappa shape index (κ1) is 21.7. The number of hydrogen-bond acceptors (Lipinski definition) is 4. The predicted molar refractivity (Wildman–Crippen MR) is 119 cm³/mol. The van der Waals surface area contributed by atoms with Crippen molar-refractivity contribution in [1.82, 2.24) is 9.88 Å². The summed E-state index contributed by atoms with van der Waals surface area (Å²) in [5, 5.41) is 11.5. The van der Waals surface area contributed by atoms with E-state index < -0.39 is 5.97 Å². The van der Waals surface area contributed by atoms with Crippen LogP contribution in [0.25, 0.3) is 0 Å². The van der Waals surface area contributed by atoms with Gasteiger partial charge in [0.1, 0.15) is 5.01 Å². The molecule has 1 aromatic heterocycles. The topological polar surface area (TPSA) is 70.5 Å². The second kappa shape index (κ2) is 10.2. The number of rotatable bonds is 9. The molecule has 5 nitrogen and oxygen atoms in total. The minimum absolute atomic E-state index is 0.0176. The van der Waals surface area contributed by atoms with Gasteiger partial charge in [-0.1, -0.05) is 62.4 Å². The van der Waals surface area contributed by atoms with Crippen LogP contribution in [0, 0.1) is 5.92 Å². The van der Waals surface area contributed by atoms with Gasteiger partial charge >= 0.3 is 5.97 Å². The van der Waals surface area contributed by atoms with Crippen molar-refractivity contribution in [2.75, 3.05) is 6.54 Å². The molecule has 0 saturated carbocycles. The molecule has 0 saturated heterocycles. The molecule has 0 fully saturated rings. The highest BCUT2D eigenvalue weighted by Crippen LogP contribution is 2.30. The molecular weight excluding hydrogens is 396 g/mol. The molecule has 30 heavy (non-hydrogen) atoms. The number of thiazole rings is 1. The molecule has 3 aromatic rings. The van der Waals surface area contributed by atoms with Gasteiger partial charge in [-0.05, 0) is 36.5 Å². The SMILES string of the molecule is CC(C)CCN(C(=O)c1ccccc1)C(Cc1ccccc1)c1nc(C(=O)O)cs1. The largest absolute Gasteiger partial charge is 0.476 e. The van der Waals surface area contributed by atoms with Crippen molar-refractivity contribution in [2.45, 2.75) is 32.7 Å². The standard InChI is InChI=1S/C24H26N2O3S/c1-17(2)13-14-26(23(27)19-11-7-4-8-12-19)21(15-18-9-5-3-6-10-18)22-25-20(16-30-22)24(28)29/h3-12,16-17,21H,13-15H2,1-2H3,(H,28,29). The Morgan fingerprint density at radius 1 is 1.03 bits per heavy atom. The van der Waals surface area contributed by atoms with Crippen LogP contribution in [0.15, 0.2) is 66.0 Å². The maximum absolute atomic E-state index is 13.5. The second-order valence-electron chi connectivity index (χ2n) is 7.63. The maximum atomic E-state index is 13.5. The van der Waals surface area contributed by atoms with Crippen LogP contribution in [0.3, 0.4) is 0 Å². The minimum atomic E-state index is -1.06. The Morgan fingerprint density at radius 2 is 1.67 bits per heavy atom. The Balaban J connectivity index is 2.01. The summed E-state index contributed by atoms with van der Waals surface area (Å²) in [6.07, 6.45) is 1.42. The van der Waals surface area contributed by atoms with Crippen molar-refractivity contribution >= 4 is 23.2 Å². The van der Waals surface area contributed by atoms with Gasteiger partial charge in [-0.15, -0.1) is 11.3 Å². The smallest absolute Gasteiger partial charge is 0.355 e. The molecule has 2 aromatic carbocycles. The summed E-state index contributed by atoms with van der Waals surface area (Å²) in [7, 11) is 0. The van der Waals surface area contributed by atoms with E-state index in [-0.39, 0.29) is 17.6 Å². The third-order valence-electron chi connectivity index (χ3n) is 4.90. The molecule has 0 aliphatic carbocycles. The van der Waals surface area contributed by atoms with E-state index in [1.165, 1.54) is 11.3 Å². The summed E-state index contributed by atoms with van der Waals surface area (Å²) >= 11 is 1.29. The number of benzene rings is 2. The number of aromatic carboxylic acids is 1. The number of carboxylic acids is 1. The molecule has 0 radical (unpaired) electrons. The van der Waals surface area contributed by atoms with E-state index in [4.69, 9.17) is 0 Å². The molecule has 3 rings (SSSR count). The van der Waals surface area contributed by atoms with Gasteiger partial charge in [0.05, 0.1) is 6.04 Å². The number of hydrogen-bond donors (Lipinski definition) is 1. The summed E-state index contributed by atoms with van der Waals surface area (Å²) in [6.45, 7) is 4.83. The molecule has 156 valence electrons. The summed E-state index contributed by atoms with van der Waals surface area (Å²) in [5.41, 5.74) is 1.71. The quantitative estimate of drug-likeness (QED) is 0.507. The predicted octanol–water partition coefficient (Wildman–Crippen LogP) is 5.31. The van der Waals surface area contributed by atoms with Gasteiger partial charge in [0.15, 0.2) is 5.69 Å². The highest BCUT2D eigenvalue weighted by molar-refractivity contribution is 7.09. The molecular formula is C24H26N2O3S. The second-order valence-corrected chi connectivity index (χ2v) is 8.52. The molecule has 0 spiro atoms. The molecule has 1 amide bonds. The Bertz CT molecular complexity index is 970. The zero-order chi connectivity index (χ0) is 21.5. The molecule has 1 N–H and O–H groups in total. The number of nitrogens with zero attached hydrogens (tertiary/aromatic N) is 2. The molecule has 6 heteroatoms. The van der Waals surface area contributed by atoms with Crippen LogP contribution in [-0.2, 0) is 6.42 Å². The summed E-state index contributed by atoms with van der Waals surface area (Å²) < 4.78 is 0. The average Bonchev–Trinajstić information content (AvgIpc) is 3.24. The van der Waals surface area contributed by atoms with Crippen LogP contribution >= 0.6 is 11.3 Å². The number of carbonyl (C=O) groups is 2. The number of aromatic nitrogens is 1. The van der Waals surface area contributed by atoms with Crippen molar-refractivity contribution < 1.29 is 14.7 Å². The summed E-state index contributed by atoms with van der Waals surface area (Å²) in [5.74, 6) is -0.692. The summed E-state index contributed by atoms with van der Waals surface area (Å²) in [4.78, 5) is 31.1. The third-order valence-corrected chi connectivity index (χ3v) is 5.85. The average molecular weight is 423 g/mol. The normalized spacial score (nSPS) is 12.0. The zero-order valence-corrected chi connectivity index (χ0v) is 18.0. The van der Waals surface area contributed by atoms with E-state index in [2.05, 4.69) is 18.8 Å². The zero-order valence-electron chi connectivity index (χ0n) is 17.2. The highest BCUT2D eigenvalue weighted by atomic mass is 32.1. The van der Waals surface area contributed by atoms with Crippen LogP contribution in [0.5, 0.6) is 0 Å². The van der Waals surface area contributed by atoms with Crippen molar-refractivity contribution in [3.8, 4) is 0 Å². The fraction of sp³-hybridized carbons (Fsp3) is 0.292. The minimum Gasteiger partial charge on any atom is -0.476 e. The van der Waals surface area contributed by atoms with E-state index >= 15 is 0 Å². The lowest BCUT2D eigenvalue weighted by molar-refractivity contribution is 0.0664. The lowest BCUT2D eigenvalue weighted by Gasteiger charge is -2.31. The van der Waals surface area contributed by atoms with E-state index in [0.717, 1.165) is 12.0 Å². The van der Waals surface area contributed by atoms with Crippen LogP contribution in [0.4, 0.5) is 0 Å². The number of carboxylic acid groups (broad SMARTS) is 1. The fourth-order valence-corrected chi connectivity index (χ4v) is 4.15. The molecule has 0 aliphatic rings. The van der Waals surface area contributed by atoms with E-state index in [9.17, 15) is 14.7 Å². The number of carbonyl (C=O) groups excluding carboxylic acids is 1. The first-order valence-electron chi connectivity index (χ1n) is 10.0. The number of amides is 1. The van der Waals surface area contributed by atoms with Crippen LogP contribution < -0.4 is 0 Å². The molecule has 0 bridgehead atoms. The lowest BCUT2D eigenvalue weighted by atomic mass is 10.0. The van der Waals surface area contributed by atoms with Gasteiger partial charge in [0, 0.05) is 17.5 Å². The summed E-state index contributed by atoms with van der Waals surface area (Å²) in [6, 6.07) is 18.8. The molecule has 1 unspecified atom stereocenters. The Morgan fingerprint density at radius 3 is 2.23 bits per heavy atom. The first-order chi connectivity index (χ1) is 14.5. The third kappa shape index (κ3) is 5.54. The molecule has 1 atom stereocenters. The van der Waals surface area contributed by atoms with Gasteiger partial charge in [0.2, 0.25) is 0 Å². The highest BCUT2D eigenvalue weighted by Gasteiger charge is 2.29. The van der Waals surface area contributed by atoms with E-state index in [1.807, 2.05) is 65.6 Å². The Kier molecular flexibility index (Phi) is 7.36. The fourth-order valence-electron chi connectivity index (χ4n) is 3.25. The Hall–Kier alpha value is -2.99. The van der Waals surface area contributed by atoms with Crippen molar-refractivity contribution in [3.05, 3.63) is 87.9 Å². The van der Waals surface area contributed by atoms with Crippen molar-refractivity contribution in [3.63, 3.8) is 0 Å². The monoisotopic (exact) mass is 422 g/mol. The van der Waals surface area contributed by atoms with Gasteiger partial charge in [-0.3, -0.25) is 4.79 Å². The van der Waals surface area contributed by atoms with Crippen molar-refractivity contribution in [1.29, 1.82) is 0 Å². The van der Waals surface area contributed by atoms with Crippen LogP contribution in [0.2, 0.25) is 0 Å². The van der Waals surface area contributed by atoms with Crippen LogP contribution in [0.1, 0.15) is 57.7 Å². The lowest BCUT2D eigenvalue weighted by Crippen LogP contribution is -2.37. The maximum Gasteiger partial charge on any atom is 0.355 e. The van der Waals surface area contributed by atoms with E-state index in [1.54, 1.807) is 5.38 Å². The van der Waals surface area contributed by atoms with Crippen LogP contribution in [-0.4, -0.2) is 33.4 Å². The van der Waals surface area contributed by atoms with E-state index in [0.29, 0.717) is 29.5 Å². The Labute approximate surface area is 181 Å². The van der Waals surface area contributed by atoms with Gasteiger partial charge in [-0.2, -0.15) is 0 Å².